The van der Waals surface area contributed by atoms with Gasteiger partial charge in [-0.25, -0.2) is 4.79 Å². The van der Waals surface area contributed by atoms with Crippen LogP contribution in [0.15, 0.2) is 54.6 Å². The Bertz CT molecular complexity index is 835. The minimum atomic E-state index is -1.00. The van der Waals surface area contributed by atoms with Crippen molar-refractivity contribution >= 4 is 23.9 Å². The normalized spacial score (nSPS) is 13.3. The van der Waals surface area contributed by atoms with Gasteiger partial charge < -0.3 is 9.84 Å². The Labute approximate surface area is 150 Å². The van der Waals surface area contributed by atoms with Crippen LogP contribution in [0.1, 0.15) is 32.7 Å². The van der Waals surface area contributed by atoms with Crippen molar-refractivity contribution in [2.45, 2.75) is 6.42 Å². The van der Waals surface area contributed by atoms with Crippen LogP contribution < -0.4 is 4.74 Å². The van der Waals surface area contributed by atoms with Gasteiger partial charge in [-0.1, -0.05) is 24.3 Å². The summed E-state index contributed by atoms with van der Waals surface area (Å²) in [5, 5.41) is 8.59. The van der Waals surface area contributed by atoms with Gasteiger partial charge in [0.05, 0.1) is 17.7 Å². The van der Waals surface area contributed by atoms with Gasteiger partial charge in [-0.3, -0.25) is 14.5 Å². The molecule has 2 aromatic rings. The lowest BCUT2D eigenvalue weighted by Gasteiger charge is -2.14. The molecular formula is C20H17NO5. The zero-order chi connectivity index (χ0) is 18.5. The van der Waals surface area contributed by atoms with E-state index in [1.807, 2.05) is 0 Å². The van der Waals surface area contributed by atoms with E-state index >= 15 is 0 Å². The number of carbonyl (C=O) groups is 3. The monoisotopic (exact) mass is 351 g/mol. The van der Waals surface area contributed by atoms with E-state index in [4.69, 9.17) is 9.84 Å². The third kappa shape index (κ3) is 3.80. The average Bonchev–Trinajstić information content (AvgIpc) is 2.89. The largest absolute Gasteiger partial charge is 0.494 e. The van der Waals surface area contributed by atoms with Gasteiger partial charge in [0.15, 0.2) is 0 Å². The van der Waals surface area contributed by atoms with E-state index in [0.717, 1.165) is 11.6 Å². The molecule has 0 fully saturated rings. The Balaban J connectivity index is 1.48. The Morgan fingerprint density at radius 2 is 1.62 bits per heavy atom. The van der Waals surface area contributed by atoms with E-state index in [1.54, 1.807) is 48.5 Å². The molecule has 2 aromatic carbocycles. The third-order valence-corrected chi connectivity index (χ3v) is 3.97. The van der Waals surface area contributed by atoms with E-state index in [9.17, 15) is 14.4 Å². The van der Waals surface area contributed by atoms with Crippen LogP contribution >= 0.6 is 0 Å². The molecule has 0 atom stereocenters. The molecule has 0 saturated carbocycles. The lowest BCUT2D eigenvalue weighted by Crippen LogP contribution is -2.31. The smallest absolute Gasteiger partial charge is 0.328 e. The van der Waals surface area contributed by atoms with Gasteiger partial charge in [0.25, 0.3) is 11.8 Å². The molecule has 2 amide bonds. The van der Waals surface area contributed by atoms with E-state index in [-0.39, 0.29) is 11.8 Å². The number of rotatable bonds is 7. The first kappa shape index (κ1) is 17.4. The standard InChI is InChI=1S/C20H17NO5/c22-18(23)11-8-14-6-9-15(10-7-14)26-13-3-12-21-19(24)16-4-1-2-5-17(16)20(21)25/h1-2,4-11H,3,12-13H2,(H,22,23)/b11-8+. The number of imide groups is 1. The number of carboxylic acid groups (broad SMARTS) is 1. The molecule has 0 saturated heterocycles. The number of aliphatic carboxylic acids is 1. The van der Waals surface area contributed by atoms with Crippen LogP contribution in [0.4, 0.5) is 0 Å². The van der Waals surface area contributed by atoms with Gasteiger partial charge in [-0.15, -0.1) is 0 Å². The summed E-state index contributed by atoms with van der Waals surface area (Å²) in [6.07, 6.45) is 3.08. The molecule has 0 radical (unpaired) electrons. The SMILES string of the molecule is O=C(O)/C=C/c1ccc(OCCCN2C(=O)c3ccccc3C2=O)cc1. The van der Waals surface area contributed by atoms with Gasteiger partial charge >= 0.3 is 5.97 Å². The molecule has 3 rings (SSSR count). The zero-order valence-corrected chi connectivity index (χ0v) is 13.9. The van der Waals surface area contributed by atoms with Gasteiger partial charge in [0.2, 0.25) is 0 Å². The van der Waals surface area contributed by atoms with E-state index in [1.165, 1.54) is 11.0 Å². The van der Waals surface area contributed by atoms with Crippen LogP contribution in [0.3, 0.4) is 0 Å². The minimum Gasteiger partial charge on any atom is -0.494 e. The lowest BCUT2D eigenvalue weighted by atomic mass is 10.1. The van der Waals surface area contributed by atoms with Gasteiger partial charge in [0.1, 0.15) is 5.75 Å². The van der Waals surface area contributed by atoms with Crippen LogP contribution in [0.5, 0.6) is 5.75 Å². The number of amides is 2. The maximum absolute atomic E-state index is 12.2. The molecule has 0 bridgehead atoms. The van der Waals surface area contributed by atoms with Crippen molar-refractivity contribution in [3.8, 4) is 5.75 Å². The second-order valence-corrected chi connectivity index (χ2v) is 5.75. The fourth-order valence-electron chi connectivity index (χ4n) is 2.70. The number of carbonyl (C=O) groups excluding carboxylic acids is 2. The van der Waals surface area contributed by atoms with Crippen LogP contribution in [0, 0.1) is 0 Å². The Morgan fingerprint density at radius 3 is 2.19 bits per heavy atom. The average molecular weight is 351 g/mol. The second-order valence-electron chi connectivity index (χ2n) is 5.75. The minimum absolute atomic E-state index is 0.264. The predicted octanol–water partition coefficient (Wildman–Crippen LogP) is 2.85. The van der Waals surface area contributed by atoms with Crippen molar-refractivity contribution in [1.29, 1.82) is 0 Å². The summed E-state index contributed by atoms with van der Waals surface area (Å²) >= 11 is 0. The molecular weight excluding hydrogens is 334 g/mol. The highest BCUT2D eigenvalue weighted by Gasteiger charge is 2.34. The highest BCUT2D eigenvalue weighted by molar-refractivity contribution is 6.21. The molecule has 6 nitrogen and oxygen atoms in total. The summed E-state index contributed by atoms with van der Waals surface area (Å²) in [7, 11) is 0. The van der Waals surface area contributed by atoms with Crippen molar-refractivity contribution < 1.29 is 24.2 Å². The molecule has 6 heteroatoms. The third-order valence-electron chi connectivity index (χ3n) is 3.97. The molecule has 1 N–H and O–H groups in total. The van der Waals surface area contributed by atoms with Gasteiger partial charge in [-0.2, -0.15) is 0 Å². The number of hydrogen-bond acceptors (Lipinski definition) is 4. The van der Waals surface area contributed by atoms with Crippen LogP contribution in [-0.2, 0) is 4.79 Å². The molecule has 1 heterocycles. The first-order chi connectivity index (χ1) is 12.6. The van der Waals surface area contributed by atoms with Crippen LogP contribution in [-0.4, -0.2) is 40.9 Å². The number of fused-ring (bicyclic) bond motifs is 1. The zero-order valence-electron chi connectivity index (χ0n) is 13.9. The van der Waals surface area contributed by atoms with Crippen molar-refractivity contribution in [3.05, 3.63) is 71.3 Å². The summed E-state index contributed by atoms with van der Waals surface area (Å²) in [6.45, 7) is 0.656. The van der Waals surface area contributed by atoms with Gasteiger partial charge in [-0.05, 0) is 42.3 Å². The van der Waals surface area contributed by atoms with Crippen LogP contribution in [0.2, 0.25) is 0 Å². The van der Waals surface area contributed by atoms with E-state index in [0.29, 0.717) is 36.4 Å². The summed E-state index contributed by atoms with van der Waals surface area (Å²) in [5.74, 6) is -0.890. The van der Waals surface area contributed by atoms with Crippen molar-refractivity contribution in [2.75, 3.05) is 13.2 Å². The highest BCUT2D eigenvalue weighted by Crippen LogP contribution is 2.22. The maximum Gasteiger partial charge on any atom is 0.328 e. The van der Waals surface area contributed by atoms with E-state index < -0.39 is 5.97 Å². The predicted molar refractivity (Wildman–Crippen MR) is 95.0 cm³/mol. The molecule has 0 spiro atoms. The summed E-state index contributed by atoms with van der Waals surface area (Å²) in [5.41, 5.74) is 1.65. The molecule has 0 unspecified atom stereocenters. The van der Waals surface area contributed by atoms with E-state index in [2.05, 4.69) is 0 Å². The van der Waals surface area contributed by atoms with Gasteiger partial charge in [0, 0.05) is 12.6 Å². The number of ether oxygens (including phenoxy) is 1. The second kappa shape index (κ2) is 7.65. The van der Waals surface area contributed by atoms with Crippen molar-refractivity contribution in [3.63, 3.8) is 0 Å². The number of nitrogens with zero attached hydrogens (tertiary/aromatic N) is 1. The van der Waals surface area contributed by atoms with Crippen molar-refractivity contribution in [1.82, 2.24) is 4.90 Å². The summed E-state index contributed by atoms with van der Waals surface area (Å²) in [6, 6.07) is 13.8. The number of benzene rings is 2. The fraction of sp³-hybridized carbons (Fsp3) is 0.150. The fourth-order valence-corrected chi connectivity index (χ4v) is 2.70. The lowest BCUT2D eigenvalue weighted by molar-refractivity contribution is -0.131. The number of carboxylic acids is 1. The molecule has 132 valence electrons. The highest BCUT2D eigenvalue weighted by atomic mass is 16.5. The Hall–Kier alpha value is -3.41. The first-order valence-corrected chi connectivity index (χ1v) is 8.15. The topological polar surface area (TPSA) is 83.9 Å². The first-order valence-electron chi connectivity index (χ1n) is 8.15. The molecule has 0 aliphatic carbocycles. The molecule has 26 heavy (non-hydrogen) atoms. The Morgan fingerprint density at radius 1 is 1.00 bits per heavy atom. The number of hydrogen-bond donors (Lipinski definition) is 1. The summed E-state index contributed by atoms with van der Waals surface area (Å²) in [4.78, 5) is 36.2. The molecule has 0 aromatic heterocycles. The molecule has 1 aliphatic rings. The molecule has 1 aliphatic heterocycles. The van der Waals surface area contributed by atoms with Crippen molar-refractivity contribution in [2.24, 2.45) is 0 Å². The Kier molecular flexibility index (Phi) is 5.12. The summed E-state index contributed by atoms with van der Waals surface area (Å²) < 4.78 is 5.60. The van der Waals surface area contributed by atoms with Crippen LogP contribution in [0.25, 0.3) is 6.08 Å². The quantitative estimate of drug-likeness (QED) is 0.471. The maximum atomic E-state index is 12.2.